The number of ether oxygens (including phenoxy) is 3. The number of carbonyl (C=O) groups excluding carboxylic acids is 1. The first-order valence-corrected chi connectivity index (χ1v) is 13.7. The average molecular weight is 587 g/mol. The van der Waals surface area contributed by atoms with Gasteiger partial charge >= 0.3 is 0 Å². The zero-order chi connectivity index (χ0) is 29.8. The van der Waals surface area contributed by atoms with Gasteiger partial charge < -0.3 is 24.8 Å². The van der Waals surface area contributed by atoms with Crippen LogP contribution in [0, 0.1) is 18.3 Å². The third kappa shape index (κ3) is 6.66. The van der Waals surface area contributed by atoms with Crippen LogP contribution in [-0.4, -0.2) is 81.3 Å². The number of methoxy groups -OCH3 is 1. The van der Waals surface area contributed by atoms with Gasteiger partial charge in [0.2, 0.25) is 17.7 Å². The molecule has 2 aromatic heterocycles. The number of halogens is 2. The van der Waals surface area contributed by atoms with E-state index in [2.05, 4.69) is 25.9 Å². The van der Waals surface area contributed by atoms with Gasteiger partial charge in [0.1, 0.15) is 10.4 Å². The van der Waals surface area contributed by atoms with Crippen molar-refractivity contribution in [1.29, 1.82) is 0 Å². The van der Waals surface area contributed by atoms with E-state index in [9.17, 15) is 4.79 Å². The van der Waals surface area contributed by atoms with Crippen molar-refractivity contribution in [3.05, 3.63) is 47.4 Å². The van der Waals surface area contributed by atoms with Gasteiger partial charge in [-0.25, -0.2) is 19.3 Å². The Kier molecular flexibility index (Phi) is 9.26. The van der Waals surface area contributed by atoms with Gasteiger partial charge in [0.05, 0.1) is 49.8 Å². The molecule has 0 saturated carbocycles. The fourth-order valence-corrected chi connectivity index (χ4v) is 6.38. The Bertz CT molecular complexity index is 1380. The molecule has 2 aromatic rings. The van der Waals surface area contributed by atoms with E-state index in [0.29, 0.717) is 19.8 Å². The van der Waals surface area contributed by atoms with Crippen molar-refractivity contribution in [2.45, 2.75) is 49.6 Å². The van der Waals surface area contributed by atoms with Gasteiger partial charge in [-0.3, -0.25) is 9.79 Å². The molecule has 2 aliphatic heterocycles. The monoisotopic (exact) mass is 586 g/mol. The number of rotatable bonds is 8. The van der Waals surface area contributed by atoms with Crippen molar-refractivity contribution in [2.24, 2.45) is 10.7 Å². The normalized spacial score (nSPS) is 26.7. The zero-order valence-electron chi connectivity index (χ0n) is 23.3. The summed E-state index contributed by atoms with van der Waals surface area (Å²) in [5.41, 5.74) is 5.26. The van der Waals surface area contributed by atoms with Gasteiger partial charge in [0, 0.05) is 25.3 Å². The van der Waals surface area contributed by atoms with Crippen LogP contribution in [0.4, 0.5) is 8.78 Å². The standard InChI is InChI=1S/C28H32F2N6O4S/c1-6-7-40-23-12-32-22(11-33-23)21(29)9-18-8-20(24(30)34-10-18)27(3)16-28(4,41-26(31)35-27)25(37)36-17(2)13-39-15-19(36)14-38-5/h1,8-12,17,19H,7,13-16H2,2-5H3,(H2,31,35)/b21-9-/t17?,19-,27-,28+/m0/s1. The smallest absolute Gasteiger partial charge is 0.239 e. The predicted octanol–water partition coefficient (Wildman–Crippen LogP) is 3.18. The Hall–Kier alpha value is -3.60. The number of terminal acetylenes is 1. The number of aliphatic imine (C=N–C) groups is 1. The van der Waals surface area contributed by atoms with Crippen LogP contribution in [0.25, 0.3) is 11.9 Å². The van der Waals surface area contributed by atoms with Gasteiger partial charge in [-0.05, 0) is 38.5 Å². The van der Waals surface area contributed by atoms with Crippen LogP contribution in [-0.2, 0) is 19.8 Å². The molecule has 1 saturated heterocycles. The first-order valence-electron chi connectivity index (χ1n) is 12.9. The van der Waals surface area contributed by atoms with Crippen molar-refractivity contribution in [2.75, 3.05) is 33.5 Å². The molecule has 2 N–H and O–H groups in total. The topological polar surface area (TPSA) is 125 Å². The lowest BCUT2D eigenvalue weighted by Gasteiger charge is -2.47. The summed E-state index contributed by atoms with van der Waals surface area (Å²) in [5, 5.41) is 0.132. The highest BCUT2D eigenvalue weighted by molar-refractivity contribution is 8.15. The summed E-state index contributed by atoms with van der Waals surface area (Å²) in [6, 6.07) is 0.967. The maximum absolute atomic E-state index is 15.2. The highest BCUT2D eigenvalue weighted by Gasteiger charge is 2.51. The molecule has 4 rings (SSSR count). The van der Waals surface area contributed by atoms with Gasteiger partial charge in [0.25, 0.3) is 0 Å². The van der Waals surface area contributed by atoms with Gasteiger partial charge in [0.15, 0.2) is 17.6 Å². The minimum absolute atomic E-state index is 0.00446. The molecule has 4 heterocycles. The molecule has 0 spiro atoms. The number of carbonyl (C=O) groups is 1. The Labute approximate surface area is 241 Å². The summed E-state index contributed by atoms with van der Waals surface area (Å²) in [5.74, 6) is 0.764. The lowest BCUT2D eigenvalue weighted by Crippen LogP contribution is -2.61. The number of hydrogen-bond donors (Lipinski definition) is 1. The fraction of sp³-hybridized carbons (Fsp3) is 0.464. The summed E-state index contributed by atoms with van der Waals surface area (Å²) < 4.78 is 45.3. The second-order valence-electron chi connectivity index (χ2n) is 10.3. The number of nitrogens with zero attached hydrogens (tertiary/aromatic N) is 5. The van der Waals surface area contributed by atoms with Crippen molar-refractivity contribution in [3.8, 4) is 18.2 Å². The quantitative estimate of drug-likeness (QED) is 0.367. The number of amidine groups is 1. The lowest BCUT2D eigenvalue weighted by molar-refractivity contribution is -0.150. The summed E-state index contributed by atoms with van der Waals surface area (Å²) in [6.07, 6.45) is 10.1. The molecular weight excluding hydrogens is 554 g/mol. The number of pyridine rings is 1. The second-order valence-corrected chi connectivity index (χ2v) is 11.8. The molecule has 13 heteroatoms. The third-order valence-electron chi connectivity index (χ3n) is 6.86. The first-order chi connectivity index (χ1) is 19.5. The van der Waals surface area contributed by atoms with E-state index < -0.39 is 22.1 Å². The largest absolute Gasteiger partial charge is 0.463 e. The number of aromatic nitrogens is 3. The molecule has 1 fully saturated rings. The highest BCUT2D eigenvalue weighted by atomic mass is 32.2. The molecular formula is C28H32F2N6O4S. The molecule has 2 aliphatic rings. The molecule has 0 aliphatic carbocycles. The SMILES string of the molecule is C#CCOc1cnc(/C(F)=C/c2cnc(F)c([C@]3(C)C[C@](C)(C(=O)N4C(C)COC[C@@H]4COC)SC(N)=N3)c2)cn1. The molecule has 4 atom stereocenters. The third-order valence-corrected chi connectivity index (χ3v) is 7.93. The summed E-state index contributed by atoms with van der Waals surface area (Å²) in [6.45, 7) is 6.41. The average Bonchev–Trinajstić information content (AvgIpc) is 2.92. The van der Waals surface area contributed by atoms with Crippen molar-refractivity contribution in [3.63, 3.8) is 0 Å². The van der Waals surface area contributed by atoms with Crippen LogP contribution in [0.2, 0.25) is 0 Å². The summed E-state index contributed by atoms with van der Waals surface area (Å²) in [4.78, 5) is 32.2. The Morgan fingerprint density at radius 1 is 1.32 bits per heavy atom. The number of hydrogen-bond acceptors (Lipinski definition) is 10. The van der Waals surface area contributed by atoms with Gasteiger partial charge in [-0.1, -0.05) is 17.7 Å². The van der Waals surface area contributed by atoms with Gasteiger partial charge in [-0.2, -0.15) is 4.39 Å². The molecule has 0 bridgehead atoms. The van der Waals surface area contributed by atoms with Crippen LogP contribution in [0.5, 0.6) is 5.88 Å². The molecule has 218 valence electrons. The maximum Gasteiger partial charge on any atom is 0.239 e. The lowest BCUT2D eigenvalue weighted by atomic mass is 9.82. The van der Waals surface area contributed by atoms with Crippen molar-refractivity contribution < 1.29 is 27.8 Å². The molecule has 10 nitrogen and oxygen atoms in total. The molecule has 41 heavy (non-hydrogen) atoms. The molecule has 0 radical (unpaired) electrons. The van der Waals surface area contributed by atoms with E-state index in [1.54, 1.807) is 25.9 Å². The number of amides is 1. The minimum Gasteiger partial charge on any atom is -0.463 e. The van der Waals surface area contributed by atoms with Crippen molar-refractivity contribution >= 4 is 34.7 Å². The minimum atomic E-state index is -1.26. The van der Waals surface area contributed by atoms with Crippen LogP contribution < -0.4 is 10.5 Å². The van der Waals surface area contributed by atoms with Crippen LogP contribution in [0.15, 0.2) is 29.6 Å². The Morgan fingerprint density at radius 3 is 2.78 bits per heavy atom. The zero-order valence-corrected chi connectivity index (χ0v) is 24.1. The van der Waals surface area contributed by atoms with E-state index in [-0.39, 0.29) is 58.9 Å². The van der Waals surface area contributed by atoms with E-state index in [4.69, 9.17) is 26.4 Å². The summed E-state index contributed by atoms with van der Waals surface area (Å²) in [7, 11) is 1.57. The molecule has 1 amide bonds. The van der Waals surface area contributed by atoms with Crippen molar-refractivity contribution in [1.82, 2.24) is 19.9 Å². The molecule has 1 unspecified atom stereocenters. The highest BCUT2D eigenvalue weighted by Crippen LogP contribution is 2.47. The maximum atomic E-state index is 15.2. The van der Waals surface area contributed by atoms with E-state index in [1.165, 1.54) is 24.7 Å². The molecule has 0 aromatic carbocycles. The van der Waals surface area contributed by atoms with E-state index >= 15 is 8.78 Å². The van der Waals surface area contributed by atoms with E-state index in [1.807, 2.05) is 6.92 Å². The van der Waals surface area contributed by atoms with Crippen LogP contribution >= 0.6 is 11.8 Å². The second kappa shape index (κ2) is 12.5. The van der Waals surface area contributed by atoms with Gasteiger partial charge in [-0.15, -0.1) is 6.42 Å². The number of thioether (sulfide) groups is 1. The number of morpholine rings is 1. The Morgan fingerprint density at radius 2 is 2.10 bits per heavy atom. The Balaban J connectivity index is 1.63. The number of nitrogens with two attached hydrogens (primary N) is 1. The van der Waals surface area contributed by atoms with E-state index in [0.717, 1.165) is 17.8 Å². The summed E-state index contributed by atoms with van der Waals surface area (Å²) >= 11 is 1.14. The predicted molar refractivity (Wildman–Crippen MR) is 152 cm³/mol. The first kappa shape index (κ1) is 30.4. The van der Waals surface area contributed by atoms with Crippen LogP contribution in [0.1, 0.15) is 44.0 Å². The fourth-order valence-electron chi connectivity index (χ4n) is 5.13. The van der Waals surface area contributed by atoms with Crippen LogP contribution in [0.3, 0.4) is 0 Å².